The molecule has 0 spiro atoms. The van der Waals surface area contributed by atoms with Crippen LogP contribution < -0.4 is 5.32 Å². The predicted molar refractivity (Wildman–Crippen MR) is 94.1 cm³/mol. The lowest BCUT2D eigenvalue weighted by atomic mass is 10.3. The summed E-state index contributed by atoms with van der Waals surface area (Å²) < 4.78 is 4.88. The molecule has 1 heterocycles. The number of hydrogen-bond acceptors (Lipinski definition) is 4. The molecule has 2 rings (SSSR count). The molecule has 0 aliphatic heterocycles. The Hall–Kier alpha value is -1.82. The summed E-state index contributed by atoms with van der Waals surface area (Å²) in [5.74, 6) is -1.04. The number of aryl methyl sites for hydroxylation is 1. The van der Waals surface area contributed by atoms with Gasteiger partial charge >= 0.3 is 5.97 Å². The predicted octanol–water partition coefficient (Wildman–Crippen LogP) is 4.56. The van der Waals surface area contributed by atoms with Gasteiger partial charge in [-0.15, -0.1) is 11.3 Å². The van der Waals surface area contributed by atoms with E-state index in [1.807, 2.05) is 18.4 Å². The van der Waals surface area contributed by atoms with E-state index in [9.17, 15) is 9.59 Å². The van der Waals surface area contributed by atoms with Crippen LogP contribution in [0.5, 0.6) is 0 Å². The molecule has 0 saturated carbocycles. The molecule has 4 nitrogen and oxygen atoms in total. The molecule has 0 radical (unpaired) electrons. The molecule has 2 aromatic rings. The zero-order valence-corrected chi connectivity index (χ0v) is 14.5. The summed E-state index contributed by atoms with van der Waals surface area (Å²) in [6.45, 7) is 1.57. The van der Waals surface area contributed by atoms with E-state index in [1.54, 1.807) is 18.2 Å². The summed E-state index contributed by atoms with van der Waals surface area (Å²) in [7, 11) is 0. The fourth-order valence-electron chi connectivity index (χ4n) is 1.65. The molecule has 1 N–H and O–H groups in total. The van der Waals surface area contributed by atoms with Crippen molar-refractivity contribution in [1.29, 1.82) is 0 Å². The second-order valence-corrected chi connectivity index (χ2v) is 6.35. The van der Waals surface area contributed by atoms with Crippen LogP contribution in [0.4, 0.5) is 5.69 Å². The van der Waals surface area contributed by atoms with Gasteiger partial charge in [0.1, 0.15) is 0 Å². The molecule has 1 aromatic carbocycles. The minimum atomic E-state index is -0.581. The summed E-state index contributed by atoms with van der Waals surface area (Å²) in [5.41, 5.74) is 1.56. The molecule has 0 unspecified atom stereocenters. The zero-order valence-electron chi connectivity index (χ0n) is 12.1. The number of esters is 1. The fraction of sp³-hybridized carbons (Fsp3) is 0.125. The van der Waals surface area contributed by atoms with Crippen LogP contribution in [-0.2, 0) is 14.3 Å². The van der Waals surface area contributed by atoms with E-state index in [0.29, 0.717) is 15.7 Å². The smallest absolute Gasteiger partial charge is 0.331 e. The molecule has 0 saturated heterocycles. The average Bonchev–Trinajstić information content (AvgIpc) is 2.92. The van der Waals surface area contributed by atoms with Gasteiger partial charge < -0.3 is 10.1 Å². The molecule has 0 fully saturated rings. The Morgan fingerprint density at radius 3 is 2.70 bits per heavy atom. The van der Waals surface area contributed by atoms with Gasteiger partial charge in [-0.3, -0.25) is 4.79 Å². The van der Waals surface area contributed by atoms with Crippen molar-refractivity contribution in [2.75, 3.05) is 11.9 Å². The van der Waals surface area contributed by atoms with Crippen LogP contribution in [0.25, 0.3) is 6.08 Å². The van der Waals surface area contributed by atoms with Gasteiger partial charge in [0.25, 0.3) is 5.91 Å². The van der Waals surface area contributed by atoms with Crippen molar-refractivity contribution in [3.63, 3.8) is 0 Å². The highest BCUT2D eigenvalue weighted by molar-refractivity contribution is 7.11. The SMILES string of the molecule is Cc1ccsc1/C=C/C(=O)OCC(=O)Nc1ccc(Cl)c(Cl)c1. The molecule has 120 valence electrons. The maximum atomic E-state index is 11.7. The number of anilines is 1. The van der Waals surface area contributed by atoms with Crippen LogP contribution in [0.1, 0.15) is 10.4 Å². The number of thiophene rings is 1. The molecule has 7 heteroatoms. The normalized spacial score (nSPS) is 10.7. The first-order valence-corrected chi connectivity index (χ1v) is 8.23. The van der Waals surface area contributed by atoms with E-state index >= 15 is 0 Å². The molecule has 0 aliphatic rings. The second-order valence-electron chi connectivity index (χ2n) is 4.59. The van der Waals surface area contributed by atoms with E-state index in [-0.39, 0.29) is 6.61 Å². The van der Waals surface area contributed by atoms with Crippen molar-refractivity contribution in [2.45, 2.75) is 6.92 Å². The van der Waals surface area contributed by atoms with Crippen LogP contribution in [0.2, 0.25) is 10.0 Å². The second kappa shape index (κ2) is 8.15. The molecule has 0 aliphatic carbocycles. The zero-order chi connectivity index (χ0) is 16.8. The molecular formula is C16H13Cl2NO3S. The Balaban J connectivity index is 1.82. The van der Waals surface area contributed by atoms with Crippen molar-refractivity contribution < 1.29 is 14.3 Å². The van der Waals surface area contributed by atoms with Crippen molar-refractivity contribution in [2.24, 2.45) is 0 Å². The summed E-state index contributed by atoms with van der Waals surface area (Å²) in [6.07, 6.45) is 2.96. The van der Waals surface area contributed by atoms with Crippen molar-refractivity contribution in [3.05, 3.63) is 56.2 Å². The Morgan fingerprint density at radius 2 is 2.04 bits per heavy atom. The van der Waals surface area contributed by atoms with Crippen molar-refractivity contribution >= 4 is 58.2 Å². The Morgan fingerprint density at radius 1 is 1.26 bits per heavy atom. The van der Waals surface area contributed by atoms with Crippen LogP contribution in [0.3, 0.4) is 0 Å². The van der Waals surface area contributed by atoms with Gasteiger partial charge in [0.2, 0.25) is 0 Å². The van der Waals surface area contributed by atoms with Crippen LogP contribution in [0.15, 0.2) is 35.7 Å². The van der Waals surface area contributed by atoms with Gasteiger partial charge in [0.05, 0.1) is 10.0 Å². The third-order valence-corrected chi connectivity index (χ3v) is 4.54. The van der Waals surface area contributed by atoms with Crippen LogP contribution in [0, 0.1) is 6.92 Å². The standard InChI is InChI=1S/C16H13Cl2NO3S/c1-10-6-7-23-14(10)4-5-16(21)22-9-15(20)19-11-2-3-12(17)13(18)8-11/h2-8H,9H2,1H3,(H,19,20)/b5-4+. The third kappa shape index (κ3) is 5.39. The number of amides is 1. The number of rotatable bonds is 5. The third-order valence-electron chi connectivity index (χ3n) is 2.82. The highest BCUT2D eigenvalue weighted by Crippen LogP contribution is 2.24. The summed E-state index contributed by atoms with van der Waals surface area (Å²) in [4.78, 5) is 24.3. The molecule has 0 atom stereocenters. The van der Waals surface area contributed by atoms with E-state index in [0.717, 1.165) is 10.4 Å². The van der Waals surface area contributed by atoms with Crippen LogP contribution in [-0.4, -0.2) is 18.5 Å². The first kappa shape index (κ1) is 17.5. The molecule has 1 amide bonds. The van der Waals surface area contributed by atoms with E-state index in [4.69, 9.17) is 27.9 Å². The first-order valence-electron chi connectivity index (χ1n) is 6.59. The lowest BCUT2D eigenvalue weighted by Gasteiger charge is -2.06. The number of nitrogens with one attached hydrogen (secondary N) is 1. The summed E-state index contributed by atoms with van der Waals surface area (Å²) >= 11 is 13.2. The average molecular weight is 370 g/mol. The van der Waals surface area contributed by atoms with Crippen molar-refractivity contribution in [3.8, 4) is 0 Å². The van der Waals surface area contributed by atoms with Gasteiger partial charge in [-0.25, -0.2) is 4.79 Å². The lowest BCUT2D eigenvalue weighted by molar-refractivity contribution is -0.142. The molecule has 1 aromatic heterocycles. The van der Waals surface area contributed by atoms with Crippen LogP contribution >= 0.6 is 34.5 Å². The number of ether oxygens (including phenoxy) is 1. The van der Waals surface area contributed by atoms with Crippen molar-refractivity contribution in [1.82, 2.24) is 0 Å². The summed E-state index contributed by atoms with van der Waals surface area (Å²) in [6, 6.07) is 6.65. The van der Waals surface area contributed by atoms with Gasteiger partial charge in [-0.2, -0.15) is 0 Å². The molecular weight excluding hydrogens is 357 g/mol. The van der Waals surface area contributed by atoms with E-state index in [2.05, 4.69) is 5.32 Å². The Bertz CT molecular complexity index is 756. The first-order chi connectivity index (χ1) is 11.0. The monoisotopic (exact) mass is 369 g/mol. The van der Waals surface area contributed by atoms with Gasteiger partial charge in [-0.05, 0) is 48.2 Å². The quantitative estimate of drug-likeness (QED) is 0.620. The molecule has 23 heavy (non-hydrogen) atoms. The number of halogens is 2. The van der Waals surface area contributed by atoms with Gasteiger partial charge in [-0.1, -0.05) is 23.2 Å². The van der Waals surface area contributed by atoms with Gasteiger partial charge in [0.15, 0.2) is 6.61 Å². The minimum absolute atomic E-state index is 0.329. The Kier molecular flexibility index (Phi) is 6.21. The number of hydrogen-bond donors (Lipinski definition) is 1. The van der Waals surface area contributed by atoms with E-state index < -0.39 is 11.9 Å². The highest BCUT2D eigenvalue weighted by Gasteiger charge is 2.07. The topological polar surface area (TPSA) is 55.4 Å². The number of carbonyl (C=O) groups excluding carboxylic acids is 2. The number of benzene rings is 1. The highest BCUT2D eigenvalue weighted by atomic mass is 35.5. The minimum Gasteiger partial charge on any atom is -0.452 e. The van der Waals surface area contributed by atoms with E-state index in [1.165, 1.54) is 23.5 Å². The Labute approximate surface area is 147 Å². The maximum absolute atomic E-state index is 11.7. The largest absolute Gasteiger partial charge is 0.452 e. The van der Waals surface area contributed by atoms with Gasteiger partial charge in [0, 0.05) is 16.6 Å². The number of carbonyl (C=O) groups is 2. The summed E-state index contributed by atoms with van der Waals surface area (Å²) in [5, 5.41) is 5.22. The fourth-order valence-corrected chi connectivity index (χ4v) is 2.77. The lowest BCUT2D eigenvalue weighted by Crippen LogP contribution is -2.20. The maximum Gasteiger partial charge on any atom is 0.331 e. The molecule has 0 bridgehead atoms.